The Hall–Kier alpha value is -1.13. The predicted octanol–water partition coefficient (Wildman–Crippen LogP) is 3.07. The van der Waals surface area contributed by atoms with Crippen LogP contribution in [0.4, 0.5) is 0 Å². The summed E-state index contributed by atoms with van der Waals surface area (Å²) in [5, 5.41) is 7.85. The lowest BCUT2D eigenvalue weighted by Gasteiger charge is -2.06. The van der Waals surface area contributed by atoms with E-state index in [-0.39, 0.29) is 0 Å². The molecular weight excluding hydrogens is 302 g/mol. The fourth-order valence-electron chi connectivity index (χ4n) is 2.26. The third kappa shape index (κ3) is 3.45. The highest BCUT2D eigenvalue weighted by atomic mass is 79.9. The van der Waals surface area contributed by atoms with E-state index in [1.165, 1.54) is 16.8 Å². The minimum absolute atomic E-state index is 0.833. The number of benzene rings is 1. The van der Waals surface area contributed by atoms with Crippen molar-refractivity contribution in [1.82, 2.24) is 15.1 Å². The van der Waals surface area contributed by atoms with E-state index >= 15 is 0 Å². The zero-order valence-corrected chi connectivity index (χ0v) is 13.3. The average molecular weight is 322 g/mol. The van der Waals surface area contributed by atoms with Crippen molar-refractivity contribution in [3.8, 4) is 0 Å². The van der Waals surface area contributed by atoms with Crippen LogP contribution in [0, 0.1) is 13.8 Å². The normalized spacial score (nSPS) is 10.9. The molecule has 0 atom stereocenters. The van der Waals surface area contributed by atoms with Gasteiger partial charge in [0.25, 0.3) is 0 Å². The molecule has 1 aromatic carbocycles. The molecule has 1 aromatic heterocycles. The topological polar surface area (TPSA) is 29.9 Å². The van der Waals surface area contributed by atoms with Crippen LogP contribution >= 0.6 is 15.9 Å². The Morgan fingerprint density at radius 3 is 2.53 bits per heavy atom. The summed E-state index contributed by atoms with van der Waals surface area (Å²) in [6.07, 6.45) is 1.04. The molecule has 19 heavy (non-hydrogen) atoms. The van der Waals surface area contributed by atoms with Crippen LogP contribution < -0.4 is 5.32 Å². The summed E-state index contributed by atoms with van der Waals surface area (Å²) < 4.78 is 3.21. The van der Waals surface area contributed by atoms with E-state index in [1.807, 2.05) is 7.05 Å². The van der Waals surface area contributed by atoms with Crippen LogP contribution in [0.15, 0.2) is 28.7 Å². The number of hydrogen-bond donors (Lipinski definition) is 1. The number of rotatable bonds is 5. The molecule has 0 amide bonds. The van der Waals surface area contributed by atoms with Crippen LogP contribution in [-0.4, -0.2) is 23.4 Å². The maximum absolute atomic E-state index is 4.66. The second-order valence-electron chi connectivity index (χ2n) is 4.79. The van der Waals surface area contributed by atoms with Crippen molar-refractivity contribution in [2.75, 3.05) is 13.6 Å². The van der Waals surface area contributed by atoms with Gasteiger partial charge in [-0.25, -0.2) is 0 Å². The van der Waals surface area contributed by atoms with Crippen LogP contribution in [0.5, 0.6) is 0 Å². The lowest BCUT2D eigenvalue weighted by molar-refractivity contribution is 0.657. The zero-order valence-electron chi connectivity index (χ0n) is 11.7. The van der Waals surface area contributed by atoms with Crippen molar-refractivity contribution in [1.29, 1.82) is 0 Å². The van der Waals surface area contributed by atoms with Crippen molar-refractivity contribution in [3.05, 3.63) is 51.3 Å². The molecule has 0 fully saturated rings. The van der Waals surface area contributed by atoms with Gasteiger partial charge in [0.1, 0.15) is 0 Å². The first-order valence-corrected chi connectivity index (χ1v) is 7.33. The van der Waals surface area contributed by atoms with Gasteiger partial charge in [-0.1, -0.05) is 28.1 Å². The van der Waals surface area contributed by atoms with Gasteiger partial charge >= 0.3 is 0 Å². The maximum atomic E-state index is 4.66. The molecule has 3 nitrogen and oxygen atoms in total. The van der Waals surface area contributed by atoms with Crippen LogP contribution in [0.1, 0.15) is 22.5 Å². The minimum atomic E-state index is 0.833. The van der Waals surface area contributed by atoms with E-state index in [0.717, 1.165) is 29.7 Å². The highest BCUT2D eigenvalue weighted by molar-refractivity contribution is 9.10. The summed E-state index contributed by atoms with van der Waals surface area (Å²) in [5.74, 6) is 0. The van der Waals surface area contributed by atoms with E-state index < -0.39 is 0 Å². The Labute approximate surface area is 123 Å². The lowest BCUT2D eigenvalue weighted by atomic mass is 10.1. The van der Waals surface area contributed by atoms with E-state index in [4.69, 9.17) is 0 Å². The zero-order chi connectivity index (χ0) is 13.8. The Morgan fingerprint density at radius 1 is 1.21 bits per heavy atom. The number of nitrogens with zero attached hydrogens (tertiary/aromatic N) is 2. The fourth-order valence-corrected chi connectivity index (χ4v) is 2.53. The predicted molar refractivity (Wildman–Crippen MR) is 82.6 cm³/mol. The van der Waals surface area contributed by atoms with E-state index in [9.17, 15) is 0 Å². The van der Waals surface area contributed by atoms with Crippen LogP contribution in [0.25, 0.3) is 0 Å². The van der Waals surface area contributed by atoms with Gasteiger partial charge in [0.2, 0.25) is 0 Å². The number of aromatic nitrogens is 2. The summed E-state index contributed by atoms with van der Waals surface area (Å²) in [7, 11) is 1.98. The third-order valence-corrected chi connectivity index (χ3v) is 3.93. The van der Waals surface area contributed by atoms with Gasteiger partial charge in [0.15, 0.2) is 0 Å². The summed E-state index contributed by atoms with van der Waals surface area (Å²) in [5.41, 5.74) is 5.06. The Morgan fingerprint density at radius 2 is 1.89 bits per heavy atom. The molecule has 0 aliphatic rings. The summed E-state index contributed by atoms with van der Waals surface area (Å²) in [6.45, 7) is 6.07. The second-order valence-corrected chi connectivity index (χ2v) is 5.70. The average Bonchev–Trinajstić information content (AvgIpc) is 2.65. The van der Waals surface area contributed by atoms with Gasteiger partial charge in [-0.2, -0.15) is 5.10 Å². The van der Waals surface area contributed by atoms with Gasteiger partial charge in [-0.15, -0.1) is 0 Å². The monoisotopic (exact) mass is 321 g/mol. The first-order chi connectivity index (χ1) is 9.11. The summed E-state index contributed by atoms with van der Waals surface area (Å²) in [4.78, 5) is 0. The van der Waals surface area contributed by atoms with Gasteiger partial charge in [-0.05, 0) is 57.1 Å². The van der Waals surface area contributed by atoms with Gasteiger partial charge in [-0.3, -0.25) is 4.68 Å². The molecule has 2 aromatic rings. The Kier molecular flexibility index (Phi) is 4.77. The van der Waals surface area contributed by atoms with Crippen molar-refractivity contribution in [2.24, 2.45) is 0 Å². The number of likely N-dealkylation sites (N-methyl/N-ethyl adjacent to an activating group) is 1. The Balaban J connectivity index is 2.19. The molecule has 0 unspecified atom stereocenters. The number of halogens is 1. The molecule has 0 spiro atoms. The maximum Gasteiger partial charge on any atom is 0.0662 e. The van der Waals surface area contributed by atoms with Crippen molar-refractivity contribution >= 4 is 15.9 Å². The standard InChI is InChI=1S/C15H20BrN3/c1-11-15(8-9-17-3)12(2)19(18-11)10-13-4-6-14(16)7-5-13/h4-7,17H,8-10H2,1-3H3. The number of nitrogens with one attached hydrogen (secondary N) is 1. The van der Waals surface area contributed by atoms with Gasteiger partial charge < -0.3 is 5.32 Å². The molecule has 1 heterocycles. The second kappa shape index (κ2) is 6.35. The molecule has 0 saturated carbocycles. The first kappa shape index (κ1) is 14.3. The van der Waals surface area contributed by atoms with Crippen LogP contribution in [0.3, 0.4) is 0 Å². The molecule has 0 aliphatic carbocycles. The number of aryl methyl sites for hydroxylation is 1. The van der Waals surface area contributed by atoms with Gasteiger partial charge in [0, 0.05) is 10.2 Å². The smallest absolute Gasteiger partial charge is 0.0662 e. The third-order valence-electron chi connectivity index (χ3n) is 3.40. The van der Waals surface area contributed by atoms with Crippen molar-refractivity contribution in [3.63, 3.8) is 0 Å². The molecular formula is C15H20BrN3. The molecule has 1 N–H and O–H groups in total. The largest absolute Gasteiger partial charge is 0.319 e. The molecule has 4 heteroatoms. The van der Waals surface area contributed by atoms with E-state index in [0.29, 0.717) is 0 Å². The van der Waals surface area contributed by atoms with E-state index in [2.05, 4.69) is 69.1 Å². The van der Waals surface area contributed by atoms with Crippen LogP contribution in [-0.2, 0) is 13.0 Å². The van der Waals surface area contributed by atoms with Crippen molar-refractivity contribution in [2.45, 2.75) is 26.8 Å². The molecule has 2 rings (SSSR count). The summed E-state index contributed by atoms with van der Waals surface area (Å²) >= 11 is 3.46. The molecule has 102 valence electrons. The SMILES string of the molecule is CNCCc1c(C)nn(Cc2ccc(Br)cc2)c1C. The lowest BCUT2D eigenvalue weighted by Crippen LogP contribution is -2.11. The summed E-state index contributed by atoms with van der Waals surface area (Å²) in [6, 6.07) is 8.41. The van der Waals surface area contributed by atoms with E-state index in [1.54, 1.807) is 0 Å². The quantitative estimate of drug-likeness (QED) is 0.917. The molecule has 0 bridgehead atoms. The highest BCUT2D eigenvalue weighted by Crippen LogP contribution is 2.16. The van der Waals surface area contributed by atoms with Crippen molar-refractivity contribution < 1.29 is 0 Å². The minimum Gasteiger partial charge on any atom is -0.319 e. The van der Waals surface area contributed by atoms with Crippen LogP contribution in [0.2, 0.25) is 0 Å². The highest BCUT2D eigenvalue weighted by Gasteiger charge is 2.11. The molecule has 0 aliphatic heterocycles. The molecule has 0 radical (unpaired) electrons. The first-order valence-electron chi connectivity index (χ1n) is 6.53. The number of hydrogen-bond acceptors (Lipinski definition) is 2. The fraction of sp³-hybridized carbons (Fsp3) is 0.400. The Bertz CT molecular complexity index is 543. The van der Waals surface area contributed by atoms with Gasteiger partial charge in [0.05, 0.1) is 12.2 Å². The molecule has 0 saturated heterocycles.